The van der Waals surface area contributed by atoms with Crippen molar-refractivity contribution in [2.24, 2.45) is 0 Å². The van der Waals surface area contributed by atoms with Crippen LogP contribution in [0.1, 0.15) is 12.0 Å². The molecule has 7 heteroatoms. The van der Waals surface area contributed by atoms with E-state index in [1.165, 1.54) is 24.3 Å². The Labute approximate surface area is 141 Å². The van der Waals surface area contributed by atoms with Gasteiger partial charge in [-0.3, -0.25) is 9.10 Å². The van der Waals surface area contributed by atoms with E-state index in [0.29, 0.717) is 11.4 Å². The lowest BCUT2D eigenvalue weighted by atomic mass is 10.2. The second-order valence-electron chi connectivity index (χ2n) is 5.48. The highest BCUT2D eigenvalue weighted by Crippen LogP contribution is 2.18. The molecule has 24 heavy (non-hydrogen) atoms. The third-order valence-corrected chi connectivity index (χ3v) is 4.59. The van der Waals surface area contributed by atoms with Gasteiger partial charge in [-0.2, -0.15) is 0 Å². The lowest BCUT2D eigenvalue weighted by Gasteiger charge is -2.22. The number of hydrogen-bond acceptors (Lipinski definition) is 3. The van der Waals surface area contributed by atoms with Crippen molar-refractivity contribution in [3.8, 4) is 0 Å². The van der Waals surface area contributed by atoms with Crippen molar-refractivity contribution >= 4 is 27.3 Å². The van der Waals surface area contributed by atoms with Gasteiger partial charge >= 0.3 is 0 Å². The molecular weight excluding hydrogens is 331 g/mol. The molecule has 0 aliphatic rings. The molecule has 1 amide bonds. The van der Waals surface area contributed by atoms with Gasteiger partial charge < -0.3 is 5.32 Å². The second-order valence-corrected chi connectivity index (χ2v) is 7.38. The van der Waals surface area contributed by atoms with Gasteiger partial charge in [0.05, 0.1) is 11.9 Å². The lowest BCUT2D eigenvalue weighted by Crippen LogP contribution is -2.33. The summed E-state index contributed by atoms with van der Waals surface area (Å²) in [6.45, 7) is 1.92. The molecule has 5 nitrogen and oxygen atoms in total. The third kappa shape index (κ3) is 5.06. The smallest absolute Gasteiger partial charge is 0.232 e. The zero-order valence-electron chi connectivity index (χ0n) is 13.5. The Balaban J connectivity index is 2.04. The number of hydrogen-bond donors (Lipinski definition) is 1. The number of carbonyl (C=O) groups is 1. The molecule has 0 bridgehead atoms. The van der Waals surface area contributed by atoms with E-state index in [-0.39, 0.29) is 18.9 Å². The number of sulfonamides is 1. The number of carbonyl (C=O) groups excluding carboxylic acids is 1. The van der Waals surface area contributed by atoms with Gasteiger partial charge in [0.25, 0.3) is 0 Å². The number of aryl methyl sites for hydroxylation is 1. The van der Waals surface area contributed by atoms with Crippen LogP contribution in [0.2, 0.25) is 0 Å². The number of amides is 1. The highest BCUT2D eigenvalue weighted by atomic mass is 32.2. The van der Waals surface area contributed by atoms with Gasteiger partial charge in [0, 0.05) is 18.7 Å². The topological polar surface area (TPSA) is 66.5 Å². The Hall–Kier alpha value is -2.41. The van der Waals surface area contributed by atoms with Crippen LogP contribution in [0.5, 0.6) is 0 Å². The van der Waals surface area contributed by atoms with Crippen LogP contribution in [0, 0.1) is 12.7 Å². The van der Waals surface area contributed by atoms with Crippen LogP contribution in [0.25, 0.3) is 0 Å². The van der Waals surface area contributed by atoms with Gasteiger partial charge in [-0.1, -0.05) is 17.7 Å². The van der Waals surface area contributed by atoms with E-state index in [1.807, 2.05) is 19.1 Å². The molecular formula is C17H19FN2O3S. The molecule has 0 fully saturated rings. The molecule has 0 atom stereocenters. The van der Waals surface area contributed by atoms with Gasteiger partial charge in [-0.05, 0) is 43.3 Å². The van der Waals surface area contributed by atoms with E-state index in [4.69, 9.17) is 0 Å². The molecule has 0 aliphatic carbocycles. The zero-order valence-corrected chi connectivity index (χ0v) is 14.3. The van der Waals surface area contributed by atoms with Gasteiger partial charge in [0.1, 0.15) is 5.82 Å². The van der Waals surface area contributed by atoms with Gasteiger partial charge in [-0.25, -0.2) is 12.8 Å². The molecule has 2 aromatic rings. The Morgan fingerprint density at radius 3 is 2.21 bits per heavy atom. The van der Waals surface area contributed by atoms with Crippen LogP contribution in [0.15, 0.2) is 48.5 Å². The molecule has 0 unspecified atom stereocenters. The summed E-state index contributed by atoms with van der Waals surface area (Å²) >= 11 is 0. The maximum Gasteiger partial charge on any atom is 0.232 e. The van der Waals surface area contributed by atoms with E-state index in [0.717, 1.165) is 16.1 Å². The van der Waals surface area contributed by atoms with Crippen molar-refractivity contribution in [3.05, 3.63) is 59.9 Å². The summed E-state index contributed by atoms with van der Waals surface area (Å²) in [5, 5.41) is 2.72. The van der Waals surface area contributed by atoms with Crippen molar-refractivity contribution in [2.45, 2.75) is 13.3 Å². The summed E-state index contributed by atoms with van der Waals surface area (Å²) in [5.74, 6) is -0.751. The van der Waals surface area contributed by atoms with Crippen LogP contribution in [0.3, 0.4) is 0 Å². The van der Waals surface area contributed by atoms with Crippen molar-refractivity contribution in [1.29, 1.82) is 0 Å². The summed E-state index contributed by atoms with van der Waals surface area (Å²) in [6.07, 6.45) is 1.03. The van der Waals surface area contributed by atoms with Gasteiger partial charge in [-0.15, -0.1) is 0 Å². The fourth-order valence-electron chi connectivity index (χ4n) is 2.16. The number of nitrogens with one attached hydrogen (secondary N) is 1. The molecule has 128 valence electrons. The Morgan fingerprint density at radius 2 is 1.67 bits per heavy atom. The first-order valence-corrected chi connectivity index (χ1v) is 9.20. The molecule has 0 aliphatic heterocycles. The largest absolute Gasteiger partial charge is 0.326 e. The molecule has 0 aromatic heterocycles. The predicted octanol–water partition coefficient (Wildman–Crippen LogP) is 2.93. The van der Waals surface area contributed by atoms with Crippen LogP contribution in [-0.4, -0.2) is 27.1 Å². The maximum atomic E-state index is 13.0. The summed E-state index contributed by atoms with van der Waals surface area (Å²) < 4.78 is 37.9. The average molecular weight is 350 g/mol. The van der Waals surface area contributed by atoms with E-state index in [2.05, 4.69) is 5.32 Å². The minimum atomic E-state index is -3.57. The predicted molar refractivity (Wildman–Crippen MR) is 93.0 cm³/mol. The molecule has 2 rings (SSSR count). The SMILES string of the molecule is Cc1ccc(NC(=O)CCN(c2ccc(F)cc2)S(C)(=O)=O)cc1. The fraction of sp³-hybridized carbons (Fsp3) is 0.235. The molecule has 0 saturated heterocycles. The van der Waals surface area contributed by atoms with E-state index in [1.54, 1.807) is 12.1 Å². The fourth-order valence-corrected chi connectivity index (χ4v) is 3.08. The standard InChI is InChI=1S/C17H19FN2O3S/c1-13-3-7-15(8-4-13)19-17(21)11-12-20(24(2,22)23)16-9-5-14(18)6-10-16/h3-10H,11-12H2,1-2H3,(H,19,21). The first kappa shape index (κ1) is 17.9. The van der Waals surface area contributed by atoms with Crippen molar-refractivity contribution in [3.63, 3.8) is 0 Å². The summed E-state index contributed by atoms with van der Waals surface area (Å²) in [5.41, 5.74) is 2.05. The Bertz CT molecular complexity index is 803. The first-order valence-electron chi connectivity index (χ1n) is 7.35. The van der Waals surface area contributed by atoms with E-state index < -0.39 is 15.8 Å². The first-order chi connectivity index (χ1) is 11.3. The minimum absolute atomic E-state index is 0.0156. The van der Waals surface area contributed by atoms with Gasteiger partial charge in [0.2, 0.25) is 15.9 Å². The normalized spacial score (nSPS) is 11.1. The molecule has 0 radical (unpaired) electrons. The zero-order chi connectivity index (χ0) is 17.7. The summed E-state index contributed by atoms with van der Waals surface area (Å²) in [7, 11) is -3.57. The monoisotopic (exact) mass is 350 g/mol. The molecule has 0 spiro atoms. The number of benzene rings is 2. The molecule has 2 aromatic carbocycles. The Morgan fingerprint density at radius 1 is 1.08 bits per heavy atom. The highest BCUT2D eigenvalue weighted by Gasteiger charge is 2.18. The second kappa shape index (κ2) is 7.44. The lowest BCUT2D eigenvalue weighted by molar-refractivity contribution is -0.116. The minimum Gasteiger partial charge on any atom is -0.326 e. The maximum absolute atomic E-state index is 13.0. The summed E-state index contributed by atoms with van der Waals surface area (Å²) in [6, 6.07) is 12.4. The van der Waals surface area contributed by atoms with Crippen LogP contribution in [-0.2, 0) is 14.8 Å². The van der Waals surface area contributed by atoms with Crippen molar-refractivity contribution in [2.75, 3.05) is 22.4 Å². The highest BCUT2D eigenvalue weighted by molar-refractivity contribution is 7.92. The van der Waals surface area contributed by atoms with Gasteiger partial charge in [0.15, 0.2) is 0 Å². The van der Waals surface area contributed by atoms with Crippen molar-refractivity contribution < 1.29 is 17.6 Å². The number of rotatable bonds is 6. The third-order valence-electron chi connectivity index (χ3n) is 3.39. The number of anilines is 2. The molecule has 1 N–H and O–H groups in total. The van der Waals surface area contributed by atoms with Crippen LogP contribution < -0.4 is 9.62 Å². The van der Waals surface area contributed by atoms with Crippen molar-refractivity contribution in [1.82, 2.24) is 0 Å². The molecule has 0 heterocycles. The number of nitrogens with zero attached hydrogens (tertiary/aromatic N) is 1. The van der Waals surface area contributed by atoms with Crippen LogP contribution in [0.4, 0.5) is 15.8 Å². The van der Waals surface area contributed by atoms with Crippen LogP contribution >= 0.6 is 0 Å². The number of halogens is 1. The van der Waals surface area contributed by atoms with E-state index >= 15 is 0 Å². The Kier molecular flexibility index (Phi) is 5.56. The molecule has 0 saturated carbocycles. The van der Waals surface area contributed by atoms with E-state index in [9.17, 15) is 17.6 Å². The summed E-state index contributed by atoms with van der Waals surface area (Å²) in [4.78, 5) is 12.0. The quantitative estimate of drug-likeness (QED) is 0.871. The average Bonchev–Trinajstić information content (AvgIpc) is 2.50.